The average molecular weight is 305 g/mol. The molecule has 0 N–H and O–H groups in total. The summed E-state index contributed by atoms with van der Waals surface area (Å²) in [5.74, 6) is -0.458. The fourth-order valence-corrected chi connectivity index (χ4v) is 1.88. The van der Waals surface area contributed by atoms with Gasteiger partial charge < -0.3 is 0 Å². The third-order valence-corrected chi connectivity index (χ3v) is 2.92. The first kappa shape index (κ1) is 14.4. The molecular weight excluding hydrogens is 295 g/mol. The van der Waals surface area contributed by atoms with Crippen LogP contribution < -0.4 is 0 Å². The second-order valence-electron chi connectivity index (χ2n) is 3.88. The largest absolute Gasteiger partial charge is 0.288 e. The van der Waals surface area contributed by atoms with Gasteiger partial charge >= 0.3 is 0 Å². The van der Waals surface area contributed by atoms with Gasteiger partial charge in [0.05, 0.1) is 5.02 Å². The summed E-state index contributed by atoms with van der Waals surface area (Å²) in [7, 11) is 0. The quantitative estimate of drug-likeness (QED) is 0.559. The molecule has 2 aromatic carbocycles. The van der Waals surface area contributed by atoms with Crippen molar-refractivity contribution in [1.29, 1.82) is 0 Å². The summed E-state index contributed by atoms with van der Waals surface area (Å²) in [5, 5.41) is 8.22. The van der Waals surface area contributed by atoms with Gasteiger partial charge in [-0.15, -0.1) is 10.2 Å². The van der Waals surface area contributed by atoms with Gasteiger partial charge in [0, 0.05) is 11.1 Å². The summed E-state index contributed by atoms with van der Waals surface area (Å²) in [6.45, 7) is 0. The first-order valence-corrected chi connectivity index (χ1v) is 6.54. The summed E-state index contributed by atoms with van der Waals surface area (Å²) < 4.78 is 0. The van der Waals surface area contributed by atoms with Crippen LogP contribution in [-0.2, 0) is 4.79 Å². The summed E-state index contributed by atoms with van der Waals surface area (Å²) in [6.07, 6.45) is 3.02. The lowest BCUT2D eigenvalue weighted by molar-refractivity contribution is -0.113. The second kappa shape index (κ2) is 6.98. The Bertz CT molecular complexity index is 667. The molecule has 0 unspecified atom stereocenters. The van der Waals surface area contributed by atoms with Crippen LogP contribution in [0.4, 0.5) is 5.69 Å². The van der Waals surface area contributed by atoms with E-state index in [2.05, 4.69) is 10.2 Å². The normalized spacial score (nSPS) is 11.3. The zero-order chi connectivity index (χ0) is 14.4. The van der Waals surface area contributed by atoms with Crippen LogP contribution in [0.15, 0.2) is 64.8 Å². The maximum absolute atomic E-state index is 11.6. The first-order chi connectivity index (χ1) is 9.65. The Hall–Kier alpha value is -1.97. The molecular formula is C15H10Cl2N2O. The molecule has 0 saturated heterocycles. The topological polar surface area (TPSA) is 41.8 Å². The molecule has 3 nitrogen and oxygen atoms in total. The van der Waals surface area contributed by atoms with Gasteiger partial charge in [0.25, 0.3) is 5.91 Å². The zero-order valence-electron chi connectivity index (χ0n) is 10.3. The van der Waals surface area contributed by atoms with E-state index in [0.717, 1.165) is 5.56 Å². The number of halogens is 2. The van der Waals surface area contributed by atoms with E-state index in [0.29, 0.717) is 15.7 Å². The van der Waals surface area contributed by atoms with Gasteiger partial charge in [0.1, 0.15) is 5.69 Å². The van der Waals surface area contributed by atoms with Gasteiger partial charge in [-0.05, 0) is 29.8 Å². The van der Waals surface area contributed by atoms with Crippen LogP contribution in [0.5, 0.6) is 0 Å². The lowest BCUT2D eigenvalue weighted by Gasteiger charge is -1.96. The highest BCUT2D eigenvalue weighted by molar-refractivity contribution is 6.36. The van der Waals surface area contributed by atoms with Crippen LogP contribution >= 0.6 is 23.2 Å². The SMILES string of the molecule is O=C(/C=C/c1ccccc1)N=Nc1ccc(Cl)cc1Cl. The van der Waals surface area contributed by atoms with E-state index in [4.69, 9.17) is 23.2 Å². The van der Waals surface area contributed by atoms with E-state index < -0.39 is 5.91 Å². The van der Waals surface area contributed by atoms with Crippen LogP contribution in [-0.4, -0.2) is 5.91 Å². The minimum absolute atomic E-state index is 0.348. The van der Waals surface area contributed by atoms with Crippen molar-refractivity contribution in [2.45, 2.75) is 0 Å². The maximum Gasteiger partial charge on any atom is 0.288 e. The molecule has 100 valence electrons. The molecule has 0 aliphatic rings. The minimum Gasteiger partial charge on any atom is -0.266 e. The van der Waals surface area contributed by atoms with Gasteiger partial charge in [-0.1, -0.05) is 53.5 Å². The molecule has 20 heavy (non-hydrogen) atoms. The molecule has 2 rings (SSSR count). The van der Waals surface area contributed by atoms with E-state index >= 15 is 0 Å². The van der Waals surface area contributed by atoms with Crippen molar-refractivity contribution in [2.24, 2.45) is 10.2 Å². The molecule has 0 aliphatic carbocycles. The van der Waals surface area contributed by atoms with Crippen LogP contribution in [0.1, 0.15) is 5.56 Å². The number of nitrogens with zero attached hydrogens (tertiary/aromatic N) is 2. The number of hydrogen-bond donors (Lipinski definition) is 0. The average Bonchev–Trinajstić information content (AvgIpc) is 2.45. The predicted molar refractivity (Wildman–Crippen MR) is 81.5 cm³/mol. The van der Waals surface area contributed by atoms with Crippen molar-refractivity contribution in [1.82, 2.24) is 0 Å². The van der Waals surface area contributed by atoms with Crippen molar-refractivity contribution < 1.29 is 4.79 Å². The molecule has 0 bridgehead atoms. The molecule has 0 saturated carbocycles. The van der Waals surface area contributed by atoms with Crippen LogP contribution in [0.25, 0.3) is 6.08 Å². The van der Waals surface area contributed by atoms with E-state index in [1.54, 1.807) is 24.3 Å². The van der Waals surface area contributed by atoms with E-state index in [-0.39, 0.29) is 0 Å². The second-order valence-corrected chi connectivity index (χ2v) is 4.72. The zero-order valence-corrected chi connectivity index (χ0v) is 11.8. The lowest BCUT2D eigenvalue weighted by atomic mass is 10.2. The molecule has 0 fully saturated rings. The summed E-state index contributed by atoms with van der Waals surface area (Å²) in [5.41, 5.74) is 1.32. The smallest absolute Gasteiger partial charge is 0.266 e. The van der Waals surface area contributed by atoms with Crippen molar-refractivity contribution in [2.75, 3.05) is 0 Å². The molecule has 5 heteroatoms. The summed E-state index contributed by atoms with van der Waals surface area (Å²) in [6, 6.07) is 14.2. The highest BCUT2D eigenvalue weighted by Gasteiger charge is 2.00. The maximum atomic E-state index is 11.6. The van der Waals surface area contributed by atoms with Crippen LogP contribution in [0.3, 0.4) is 0 Å². The number of rotatable bonds is 3. The number of carbonyl (C=O) groups is 1. The van der Waals surface area contributed by atoms with Crippen molar-refractivity contribution in [3.05, 3.63) is 70.2 Å². The summed E-state index contributed by atoms with van der Waals surface area (Å²) in [4.78, 5) is 11.6. The Morgan fingerprint density at radius 3 is 2.50 bits per heavy atom. The predicted octanol–water partition coefficient (Wildman–Crippen LogP) is 5.32. The number of azo groups is 1. The van der Waals surface area contributed by atoms with Crippen molar-refractivity contribution >= 4 is 40.9 Å². The van der Waals surface area contributed by atoms with E-state index in [1.165, 1.54) is 6.08 Å². The Morgan fingerprint density at radius 1 is 1.05 bits per heavy atom. The van der Waals surface area contributed by atoms with Gasteiger partial charge in [0.15, 0.2) is 0 Å². The Labute approximate surface area is 126 Å². The monoisotopic (exact) mass is 304 g/mol. The number of benzene rings is 2. The van der Waals surface area contributed by atoms with Gasteiger partial charge in [-0.2, -0.15) is 0 Å². The van der Waals surface area contributed by atoms with Gasteiger partial charge in [-0.25, -0.2) is 0 Å². The van der Waals surface area contributed by atoms with E-state index in [1.807, 2.05) is 30.3 Å². The third kappa shape index (κ3) is 4.30. The Morgan fingerprint density at radius 2 is 1.80 bits per heavy atom. The van der Waals surface area contributed by atoms with Crippen LogP contribution in [0, 0.1) is 0 Å². The number of carbonyl (C=O) groups excluding carboxylic acids is 1. The first-order valence-electron chi connectivity index (χ1n) is 5.79. The van der Waals surface area contributed by atoms with Gasteiger partial charge in [-0.3, -0.25) is 4.79 Å². The molecule has 0 atom stereocenters. The highest BCUT2D eigenvalue weighted by atomic mass is 35.5. The number of amides is 1. The fraction of sp³-hybridized carbons (Fsp3) is 0. The molecule has 0 aliphatic heterocycles. The number of hydrogen-bond acceptors (Lipinski definition) is 2. The van der Waals surface area contributed by atoms with Crippen molar-refractivity contribution in [3.63, 3.8) is 0 Å². The Balaban J connectivity index is 2.04. The molecule has 2 aromatic rings. The molecule has 0 spiro atoms. The van der Waals surface area contributed by atoms with Gasteiger partial charge in [0.2, 0.25) is 0 Å². The fourth-order valence-electron chi connectivity index (χ4n) is 1.43. The molecule has 1 amide bonds. The minimum atomic E-state index is -0.458. The highest BCUT2D eigenvalue weighted by Crippen LogP contribution is 2.27. The molecule has 0 aromatic heterocycles. The molecule has 0 heterocycles. The third-order valence-electron chi connectivity index (χ3n) is 2.38. The molecule has 0 radical (unpaired) electrons. The van der Waals surface area contributed by atoms with E-state index in [9.17, 15) is 4.79 Å². The lowest BCUT2D eigenvalue weighted by Crippen LogP contribution is -1.83. The van der Waals surface area contributed by atoms with Crippen molar-refractivity contribution in [3.8, 4) is 0 Å². The standard InChI is InChI=1S/C15H10Cl2N2O/c16-12-7-8-14(13(17)10-12)18-19-15(20)9-6-11-4-2-1-3-5-11/h1-10H/b9-6+,19-18?. The Kier molecular flexibility index (Phi) is 5.04. The van der Waals surface area contributed by atoms with Crippen LogP contribution in [0.2, 0.25) is 10.0 Å². The summed E-state index contributed by atoms with van der Waals surface area (Å²) >= 11 is 11.7.